The maximum Gasteiger partial charge on any atom is 0.129 e. The van der Waals surface area contributed by atoms with E-state index < -0.39 is 0 Å². The van der Waals surface area contributed by atoms with Crippen LogP contribution in [-0.4, -0.2) is 39.7 Å². The smallest absolute Gasteiger partial charge is 0.129 e. The lowest BCUT2D eigenvalue weighted by molar-refractivity contribution is 0.210. The molecule has 0 N–H and O–H groups in total. The van der Waals surface area contributed by atoms with E-state index >= 15 is 0 Å². The summed E-state index contributed by atoms with van der Waals surface area (Å²) in [6.07, 6.45) is 9.33. The molecule has 3 rings (SSSR count). The summed E-state index contributed by atoms with van der Waals surface area (Å²) < 4.78 is 11.1. The van der Waals surface area contributed by atoms with Crippen molar-refractivity contribution in [2.45, 2.75) is 12.6 Å². The van der Waals surface area contributed by atoms with Crippen LogP contribution in [0.15, 0.2) is 83.1 Å². The fourth-order valence-corrected chi connectivity index (χ4v) is 4.37. The molecule has 1 aromatic heterocycles. The molecule has 0 unspecified atom stereocenters. The first kappa shape index (κ1) is 19.5. The van der Waals surface area contributed by atoms with Gasteiger partial charge in [-0.2, -0.15) is 0 Å². The molecule has 0 radical (unpaired) electrons. The monoisotopic (exact) mass is 399 g/mol. The summed E-state index contributed by atoms with van der Waals surface area (Å²) in [7, 11) is 1.62. The lowest BCUT2D eigenvalue weighted by Gasteiger charge is -2.07. The normalized spacial score (nSPS) is 25.0. The van der Waals surface area contributed by atoms with E-state index in [0.717, 1.165) is 32.9 Å². The topological polar surface area (TPSA) is 56.1 Å². The van der Waals surface area contributed by atoms with Crippen molar-refractivity contribution in [3.05, 3.63) is 78.7 Å². The van der Waals surface area contributed by atoms with E-state index in [0.29, 0.717) is 18.1 Å². The van der Waals surface area contributed by atoms with Crippen molar-refractivity contribution in [1.29, 1.82) is 0 Å². The van der Waals surface area contributed by atoms with E-state index in [2.05, 4.69) is 23.1 Å². The first-order chi connectivity index (χ1) is 13.2. The van der Waals surface area contributed by atoms with Crippen LogP contribution in [0.5, 0.6) is 0 Å². The van der Waals surface area contributed by atoms with Gasteiger partial charge in [-0.3, -0.25) is 9.98 Å². The van der Waals surface area contributed by atoms with E-state index in [1.54, 1.807) is 43.0 Å². The number of aliphatic imine (C=N–C) groups is 2. The Hall–Kier alpha value is -2.25. The van der Waals surface area contributed by atoms with Gasteiger partial charge >= 0.3 is 0 Å². The van der Waals surface area contributed by atoms with Crippen LogP contribution in [0, 0.1) is 0 Å². The number of pyridine rings is 1. The Morgan fingerprint density at radius 2 is 2.19 bits per heavy atom. The predicted octanol–water partition coefficient (Wildman–Crippen LogP) is 4.37. The molecule has 0 saturated carbocycles. The first-order valence-electron chi connectivity index (χ1n) is 8.40. The highest BCUT2D eigenvalue weighted by Crippen LogP contribution is 2.28. The van der Waals surface area contributed by atoms with Gasteiger partial charge in [0.25, 0.3) is 0 Å². The molecule has 0 fully saturated rings. The molecule has 140 valence electrons. The average Bonchev–Trinajstić information content (AvgIpc) is 3.20. The minimum absolute atomic E-state index is 0.0244. The first-order valence-corrected chi connectivity index (χ1v) is 10.4. The van der Waals surface area contributed by atoms with E-state index in [1.165, 1.54) is 0 Å². The molecule has 27 heavy (non-hydrogen) atoms. The van der Waals surface area contributed by atoms with Crippen molar-refractivity contribution in [3.63, 3.8) is 0 Å². The van der Waals surface area contributed by atoms with Crippen LogP contribution in [-0.2, 0) is 16.1 Å². The number of hydrogen-bond donors (Lipinski definition) is 0. The van der Waals surface area contributed by atoms with Gasteiger partial charge in [0.2, 0.25) is 0 Å². The molecule has 1 aromatic rings. The van der Waals surface area contributed by atoms with E-state index in [9.17, 15) is 0 Å². The summed E-state index contributed by atoms with van der Waals surface area (Å²) in [5.74, 6) is 3.01. The van der Waals surface area contributed by atoms with Crippen LogP contribution in [0.1, 0.15) is 5.56 Å². The van der Waals surface area contributed by atoms with Crippen LogP contribution in [0.25, 0.3) is 0 Å². The third-order valence-corrected chi connectivity index (χ3v) is 5.86. The maximum absolute atomic E-state index is 5.90. The second-order valence-corrected chi connectivity index (χ2v) is 7.76. The summed E-state index contributed by atoms with van der Waals surface area (Å²) in [4.78, 5) is 13.4. The molecule has 0 aromatic carbocycles. The molecule has 0 spiro atoms. The van der Waals surface area contributed by atoms with Crippen molar-refractivity contribution in [3.8, 4) is 0 Å². The summed E-state index contributed by atoms with van der Waals surface area (Å²) >= 11 is 3.28. The Morgan fingerprint density at radius 3 is 2.96 bits per heavy atom. The lowest BCUT2D eigenvalue weighted by atomic mass is 10.3. The molecular weight excluding hydrogens is 378 g/mol. The van der Waals surface area contributed by atoms with Crippen molar-refractivity contribution in [1.82, 2.24) is 4.98 Å². The molecule has 5 nitrogen and oxygen atoms in total. The van der Waals surface area contributed by atoms with Gasteiger partial charge in [0.1, 0.15) is 34.3 Å². The fraction of sp³-hybridized carbons (Fsp3) is 0.250. The summed E-state index contributed by atoms with van der Waals surface area (Å²) in [6.45, 7) is 8.39. The second-order valence-electron chi connectivity index (χ2n) is 5.74. The van der Waals surface area contributed by atoms with Crippen molar-refractivity contribution in [2.75, 3.05) is 18.6 Å². The largest absolute Gasteiger partial charge is 0.499 e. The number of hydrogen-bond acceptors (Lipinski definition) is 7. The van der Waals surface area contributed by atoms with E-state index in [4.69, 9.17) is 14.5 Å². The van der Waals surface area contributed by atoms with Crippen LogP contribution < -0.4 is 0 Å². The molecule has 7 heteroatoms. The lowest BCUT2D eigenvalue weighted by Crippen LogP contribution is -2.08. The zero-order chi connectivity index (χ0) is 19.1. The summed E-state index contributed by atoms with van der Waals surface area (Å²) in [5, 5.41) is 1.77. The molecule has 0 bridgehead atoms. The van der Waals surface area contributed by atoms with Crippen LogP contribution in [0.4, 0.5) is 0 Å². The Labute approximate surface area is 168 Å². The third-order valence-electron chi connectivity index (χ3n) is 3.79. The minimum atomic E-state index is -0.0244. The molecule has 0 saturated heterocycles. The van der Waals surface area contributed by atoms with Gasteiger partial charge in [-0.25, -0.2) is 4.99 Å². The van der Waals surface area contributed by atoms with Gasteiger partial charge < -0.3 is 9.47 Å². The fourth-order valence-electron chi connectivity index (χ4n) is 2.31. The van der Waals surface area contributed by atoms with E-state index in [1.807, 2.05) is 30.4 Å². The SMILES string of the molecule is C=C1/C=C\C(OCc2cccnc2)=C/CS/C(C2=N[C@@H](C(=C)OC)CS2)=N\1. The number of nitrogens with zero attached hydrogens (tertiary/aromatic N) is 3. The Balaban J connectivity index is 1.66. The highest BCUT2D eigenvalue weighted by molar-refractivity contribution is 8.25. The van der Waals surface area contributed by atoms with Gasteiger partial charge in [-0.1, -0.05) is 31.0 Å². The highest BCUT2D eigenvalue weighted by Gasteiger charge is 2.25. The number of allylic oxidation sites excluding steroid dienone is 2. The molecule has 2 aliphatic rings. The number of rotatable bonds is 6. The Kier molecular flexibility index (Phi) is 6.95. The van der Waals surface area contributed by atoms with E-state index in [-0.39, 0.29) is 6.04 Å². The van der Waals surface area contributed by atoms with Crippen LogP contribution in [0.3, 0.4) is 0 Å². The molecule has 2 aliphatic heterocycles. The summed E-state index contributed by atoms with van der Waals surface area (Å²) in [6, 6.07) is 3.86. The summed E-state index contributed by atoms with van der Waals surface area (Å²) in [5.41, 5.74) is 1.68. The van der Waals surface area contributed by atoms with Gasteiger partial charge in [0.15, 0.2) is 0 Å². The molecule has 0 amide bonds. The molecule has 3 heterocycles. The Bertz CT molecular complexity index is 829. The zero-order valence-electron chi connectivity index (χ0n) is 15.1. The van der Waals surface area contributed by atoms with Gasteiger partial charge in [0, 0.05) is 29.5 Å². The van der Waals surface area contributed by atoms with Gasteiger partial charge in [0.05, 0.1) is 12.8 Å². The van der Waals surface area contributed by atoms with Gasteiger partial charge in [-0.15, -0.1) is 11.8 Å². The third kappa shape index (κ3) is 5.61. The number of ether oxygens (including phenoxy) is 2. The number of aromatic nitrogens is 1. The van der Waals surface area contributed by atoms with Crippen molar-refractivity contribution >= 4 is 33.6 Å². The predicted molar refractivity (Wildman–Crippen MR) is 115 cm³/mol. The van der Waals surface area contributed by atoms with Crippen molar-refractivity contribution in [2.24, 2.45) is 9.98 Å². The second kappa shape index (κ2) is 9.62. The van der Waals surface area contributed by atoms with Crippen molar-refractivity contribution < 1.29 is 9.47 Å². The standard InChI is InChI=1S/C20H21N3O2S2/c1-14-6-7-17(25-12-16-5-4-9-21-11-16)8-10-26-19(22-14)20-23-18(13-27-20)15(2)24-3/h4-9,11,18H,1-2,10,12-13H2,3H3/b7-6-,17-8+,22-19-/t18-/m1/s1. The minimum Gasteiger partial charge on any atom is -0.499 e. The average molecular weight is 400 g/mol. The van der Waals surface area contributed by atoms with Crippen LogP contribution >= 0.6 is 23.5 Å². The van der Waals surface area contributed by atoms with Crippen LogP contribution in [0.2, 0.25) is 0 Å². The zero-order valence-corrected chi connectivity index (χ0v) is 16.8. The highest BCUT2D eigenvalue weighted by atomic mass is 32.2. The van der Waals surface area contributed by atoms with Gasteiger partial charge in [-0.05, 0) is 24.3 Å². The molecular formula is C20H21N3O2S2. The maximum atomic E-state index is 5.90. The Morgan fingerprint density at radius 1 is 1.30 bits per heavy atom. The quantitative estimate of drug-likeness (QED) is 0.665. The molecule has 0 aliphatic carbocycles. The molecule has 1 atom stereocenters. The number of methoxy groups -OCH3 is 1. The number of thioether (sulfide) groups is 2.